The fraction of sp³-hybridized carbons (Fsp3) is 0.483. The number of carbonyl (C=O) groups excluding carboxylic acids is 3. The number of rotatable bonds is 14. The third kappa shape index (κ3) is 9.92. The van der Waals surface area contributed by atoms with Crippen LogP contribution in [0.2, 0.25) is 0 Å². The minimum atomic E-state index is -3.69. The summed E-state index contributed by atoms with van der Waals surface area (Å²) >= 11 is 0. The molecule has 0 aliphatic rings. The first-order chi connectivity index (χ1) is 18.4. The molecule has 2 aromatic carbocycles. The largest absolute Gasteiger partial charge is 0.464 e. The van der Waals surface area contributed by atoms with Gasteiger partial charge in [-0.25, -0.2) is 4.79 Å². The van der Waals surface area contributed by atoms with Crippen molar-refractivity contribution in [2.24, 2.45) is 17.6 Å². The maximum absolute atomic E-state index is 13.9. The predicted molar refractivity (Wildman–Crippen MR) is 151 cm³/mol. The van der Waals surface area contributed by atoms with Gasteiger partial charge in [0.2, 0.25) is 19.6 Å². The highest BCUT2D eigenvalue weighted by Gasteiger charge is 2.38. The van der Waals surface area contributed by atoms with Gasteiger partial charge in [0, 0.05) is 6.16 Å². The molecule has 1 amide bonds. The van der Waals surface area contributed by atoms with E-state index in [9.17, 15) is 18.9 Å². The monoisotopic (exact) mass is 560 g/mol. The Bertz CT molecular complexity index is 1140. The zero-order valence-electron chi connectivity index (χ0n) is 23.6. The van der Waals surface area contributed by atoms with Crippen LogP contribution in [0.25, 0.3) is 11.1 Å². The summed E-state index contributed by atoms with van der Waals surface area (Å²) in [6, 6.07) is 16.7. The molecule has 2 aromatic rings. The number of nitrogens with two attached hydrogens (primary N) is 1. The van der Waals surface area contributed by atoms with Crippen LogP contribution in [0.3, 0.4) is 0 Å². The molecule has 3 N–H and O–H groups in total. The SMILES string of the molecule is CCOC(=O)C(C)NC(=O)C(Cc1ccc(-c2ccccc2)cc1)CP(=O)(OC(C)OC(=O)C(C)C)C(C)N. The summed E-state index contributed by atoms with van der Waals surface area (Å²) in [5.74, 6) is -3.75. The van der Waals surface area contributed by atoms with Gasteiger partial charge in [0.1, 0.15) is 6.04 Å². The van der Waals surface area contributed by atoms with Gasteiger partial charge in [0.15, 0.2) is 0 Å². The Morgan fingerprint density at radius 2 is 1.49 bits per heavy atom. The number of hydrogen-bond donors (Lipinski definition) is 2. The van der Waals surface area contributed by atoms with Gasteiger partial charge < -0.3 is 20.5 Å². The van der Waals surface area contributed by atoms with Gasteiger partial charge >= 0.3 is 11.9 Å². The summed E-state index contributed by atoms with van der Waals surface area (Å²) in [5, 5.41) is 2.67. The van der Waals surface area contributed by atoms with Crippen molar-refractivity contribution < 1.29 is 32.9 Å². The fourth-order valence-electron chi connectivity index (χ4n) is 3.83. The lowest BCUT2D eigenvalue weighted by atomic mass is 9.97. The highest BCUT2D eigenvalue weighted by Crippen LogP contribution is 2.53. The molecule has 2 rings (SSSR count). The second-order valence-electron chi connectivity index (χ2n) is 9.86. The highest BCUT2D eigenvalue weighted by molar-refractivity contribution is 7.59. The van der Waals surface area contributed by atoms with E-state index < -0.39 is 55.2 Å². The molecular formula is C29H41N2O7P. The van der Waals surface area contributed by atoms with Gasteiger partial charge in [0.05, 0.1) is 24.2 Å². The summed E-state index contributed by atoms with van der Waals surface area (Å²) in [5.41, 5.74) is 8.99. The standard InChI is InChI=1S/C29H41N2O7P/c1-7-36-29(34)20(4)31-27(32)26(17-23-13-15-25(16-14-23)24-11-9-8-10-12-24)18-39(35,21(5)30)38-22(6)37-28(33)19(2)3/h8-16,19-22,26H,7,17-18,30H2,1-6H3,(H,31,32). The lowest BCUT2D eigenvalue weighted by Gasteiger charge is -2.29. The Morgan fingerprint density at radius 1 is 0.897 bits per heavy atom. The van der Waals surface area contributed by atoms with Crippen LogP contribution in [0.5, 0.6) is 0 Å². The van der Waals surface area contributed by atoms with Crippen LogP contribution in [0.4, 0.5) is 0 Å². The van der Waals surface area contributed by atoms with E-state index in [1.54, 1.807) is 20.8 Å². The normalized spacial score (nSPS) is 15.9. The molecule has 0 aliphatic carbocycles. The van der Waals surface area contributed by atoms with Gasteiger partial charge in [-0.15, -0.1) is 0 Å². The zero-order chi connectivity index (χ0) is 29.2. The smallest absolute Gasteiger partial charge is 0.328 e. The molecule has 5 atom stereocenters. The second-order valence-corrected chi connectivity index (χ2v) is 12.7. The summed E-state index contributed by atoms with van der Waals surface area (Å²) < 4.78 is 29.9. The van der Waals surface area contributed by atoms with E-state index in [4.69, 9.17) is 19.7 Å². The summed E-state index contributed by atoms with van der Waals surface area (Å²) in [4.78, 5) is 37.5. The number of esters is 2. The van der Waals surface area contributed by atoms with Gasteiger partial charge in [-0.05, 0) is 50.8 Å². The van der Waals surface area contributed by atoms with Crippen molar-refractivity contribution in [3.05, 3.63) is 60.2 Å². The molecule has 9 nitrogen and oxygen atoms in total. The Balaban J connectivity index is 2.30. The maximum atomic E-state index is 13.9. The molecule has 5 unspecified atom stereocenters. The van der Waals surface area contributed by atoms with Crippen molar-refractivity contribution in [2.45, 2.75) is 66.1 Å². The zero-order valence-corrected chi connectivity index (χ0v) is 24.5. The lowest BCUT2D eigenvalue weighted by Crippen LogP contribution is -2.44. The topological polar surface area (TPSA) is 134 Å². The van der Waals surface area contributed by atoms with E-state index in [0.717, 1.165) is 16.7 Å². The number of hydrogen-bond acceptors (Lipinski definition) is 8. The molecule has 0 saturated heterocycles. The number of ether oxygens (including phenoxy) is 2. The van der Waals surface area contributed by atoms with Crippen LogP contribution in [0.1, 0.15) is 47.1 Å². The number of benzene rings is 2. The van der Waals surface area contributed by atoms with Crippen LogP contribution in [-0.2, 0) is 39.4 Å². The quantitative estimate of drug-likeness (QED) is 0.193. The number of amides is 1. The Morgan fingerprint density at radius 3 is 2.03 bits per heavy atom. The first kappa shape index (κ1) is 32.2. The molecule has 0 aliphatic heterocycles. The van der Waals surface area contributed by atoms with Crippen molar-refractivity contribution >= 4 is 25.2 Å². The van der Waals surface area contributed by atoms with Crippen LogP contribution < -0.4 is 11.1 Å². The minimum absolute atomic E-state index is 0.178. The molecule has 0 saturated carbocycles. The van der Waals surface area contributed by atoms with Crippen LogP contribution >= 0.6 is 7.37 Å². The van der Waals surface area contributed by atoms with E-state index in [2.05, 4.69) is 5.32 Å². The molecule has 0 fully saturated rings. The van der Waals surface area contributed by atoms with Gasteiger partial charge in [-0.2, -0.15) is 0 Å². The van der Waals surface area contributed by atoms with E-state index in [1.165, 1.54) is 20.8 Å². The van der Waals surface area contributed by atoms with Crippen LogP contribution in [0.15, 0.2) is 54.6 Å². The molecule has 214 valence electrons. The van der Waals surface area contributed by atoms with Crippen LogP contribution in [0, 0.1) is 11.8 Å². The van der Waals surface area contributed by atoms with Crippen molar-refractivity contribution in [1.82, 2.24) is 5.32 Å². The van der Waals surface area contributed by atoms with Crippen molar-refractivity contribution in [3.8, 4) is 11.1 Å². The van der Waals surface area contributed by atoms with Crippen LogP contribution in [-0.4, -0.2) is 48.7 Å². The van der Waals surface area contributed by atoms with Crippen molar-refractivity contribution in [3.63, 3.8) is 0 Å². The average molecular weight is 561 g/mol. The first-order valence-electron chi connectivity index (χ1n) is 13.2. The molecule has 0 radical (unpaired) electrons. The Labute approximate surface area is 231 Å². The van der Waals surface area contributed by atoms with E-state index >= 15 is 0 Å². The third-order valence-electron chi connectivity index (χ3n) is 6.09. The molecule has 0 aromatic heterocycles. The molecule has 39 heavy (non-hydrogen) atoms. The Hall–Kier alpha value is -3.00. The average Bonchev–Trinajstić information content (AvgIpc) is 2.89. The van der Waals surface area contributed by atoms with Gasteiger partial charge in [-0.3, -0.25) is 18.7 Å². The first-order valence-corrected chi connectivity index (χ1v) is 15.1. The second kappa shape index (κ2) is 15.0. The molecule has 0 spiro atoms. The van der Waals surface area contributed by atoms with Crippen molar-refractivity contribution in [1.29, 1.82) is 0 Å². The van der Waals surface area contributed by atoms with E-state index in [0.29, 0.717) is 0 Å². The fourth-order valence-corrected chi connectivity index (χ4v) is 5.90. The molecular weight excluding hydrogens is 519 g/mol. The maximum Gasteiger partial charge on any atom is 0.328 e. The third-order valence-corrected chi connectivity index (χ3v) is 8.93. The highest BCUT2D eigenvalue weighted by atomic mass is 31.2. The van der Waals surface area contributed by atoms with E-state index in [-0.39, 0.29) is 19.2 Å². The van der Waals surface area contributed by atoms with Crippen molar-refractivity contribution in [2.75, 3.05) is 12.8 Å². The minimum Gasteiger partial charge on any atom is -0.464 e. The molecule has 10 heteroatoms. The van der Waals surface area contributed by atoms with Gasteiger partial charge in [0.25, 0.3) is 0 Å². The molecule has 0 heterocycles. The summed E-state index contributed by atoms with van der Waals surface area (Å²) in [7, 11) is -3.69. The number of nitrogens with one attached hydrogen (secondary N) is 1. The Kier molecular flexibility index (Phi) is 12.4. The predicted octanol–water partition coefficient (Wildman–Crippen LogP) is 4.72. The van der Waals surface area contributed by atoms with E-state index in [1.807, 2.05) is 54.6 Å². The summed E-state index contributed by atoms with van der Waals surface area (Å²) in [6.07, 6.45) is -1.11. The lowest BCUT2D eigenvalue weighted by molar-refractivity contribution is -0.165. The number of carbonyl (C=O) groups is 3. The van der Waals surface area contributed by atoms with Gasteiger partial charge in [-0.1, -0.05) is 68.4 Å². The molecule has 0 bridgehead atoms. The summed E-state index contributed by atoms with van der Waals surface area (Å²) in [6.45, 7) is 9.73.